The molecule has 7 nitrogen and oxygen atoms in total. The molecule has 2 atom stereocenters. The van der Waals surface area contributed by atoms with Crippen molar-refractivity contribution in [3.63, 3.8) is 0 Å². The Hall–Kier alpha value is -1.63. The van der Waals surface area contributed by atoms with Crippen LogP contribution >= 0.6 is 0 Å². The molecule has 2 amide bonds. The zero-order valence-corrected chi connectivity index (χ0v) is 13.4. The van der Waals surface area contributed by atoms with Gasteiger partial charge in [-0.1, -0.05) is 0 Å². The van der Waals surface area contributed by atoms with E-state index in [-0.39, 0.29) is 23.8 Å². The number of ether oxygens (including phenoxy) is 1. The number of aromatic nitrogens is 3. The molecule has 3 heterocycles. The van der Waals surface area contributed by atoms with Crippen LogP contribution in [-0.4, -0.2) is 57.0 Å². The summed E-state index contributed by atoms with van der Waals surface area (Å²) < 4.78 is 7.76. The second-order valence-corrected chi connectivity index (χ2v) is 6.84. The number of hydrogen-bond acceptors (Lipinski definition) is 4. The number of carbonyl (C=O) groups excluding carboxylic acids is 1. The fraction of sp³-hybridized carbons (Fsp3) is 0.800. The van der Waals surface area contributed by atoms with Gasteiger partial charge in [-0.25, -0.2) is 14.5 Å². The molecule has 0 spiro atoms. The number of amides is 2. The molecule has 1 N–H and O–H groups in total. The summed E-state index contributed by atoms with van der Waals surface area (Å²) in [4.78, 5) is 18.2. The van der Waals surface area contributed by atoms with E-state index < -0.39 is 0 Å². The fourth-order valence-corrected chi connectivity index (χ4v) is 3.30. The van der Waals surface area contributed by atoms with Gasteiger partial charge in [-0.3, -0.25) is 0 Å². The van der Waals surface area contributed by atoms with E-state index >= 15 is 0 Å². The van der Waals surface area contributed by atoms with E-state index in [0.717, 1.165) is 32.2 Å². The predicted molar refractivity (Wildman–Crippen MR) is 81.5 cm³/mol. The van der Waals surface area contributed by atoms with Gasteiger partial charge in [0.2, 0.25) is 0 Å². The number of piperidine rings is 1. The van der Waals surface area contributed by atoms with Crippen LogP contribution < -0.4 is 5.32 Å². The summed E-state index contributed by atoms with van der Waals surface area (Å²) in [5.41, 5.74) is -0.0568. The van der Waals surface area contributed by atoms with Crippen molar-refractivity contribution in [2.24, 2.45) is 0 Å². The maximum Gasteiger partial charge on any atom is 0.317 e. The Morgan fingerprint density at radius 2 is 2.32 bits per heavy atom. The highest BCUT2D eigenvalue weighted by Gasteiger charge is 2.32. The van der Waals surface area contributed by atoms with Crippen molar-refractivity contribution >= 4 is 6.03 Å². The Labute approximate surface area is 131 Å². The quantitative estimate of drug-likeness (QED) is 0.920. The highest BCUT2D eigenvalue weighted by Crippen LogP contribution is 2.29. The van der Waals surface area contributed by atoms with E-state index in [2.05, 4.69) is 29.2 Å². The third-order valence-electron chi connectivity index (χ3n) is 4.53. The van der Waals surface area contributed by atoms with Crippen molar-refractivity contribution in [2.45, 2.75) is 57.3 Å². The third kappa shape index (κ3) is 3.58. The summed E-state index contributed by atoms with van der Waals surface area (Å²) in [6.45, 7) is 6.28. The van der Waals surface area contributed by atoms with Gasteiger partial charge < -0.3 is 15.0 Å². The van der Waals surface area contributed by atoms with E-state index in [0.29, 0.717) is 13.1 Å². The first kappa shape index (κ1) is 15.3. The van der Waals surface area contributed by atoms with E-state index in [4.69, 9.17) is 4.74 Å². The smallest absolute Gasteiger partial charge is 0.317 e. The van der Waals surface area contributed by atoms with Gasteiger partial charge in [-0.15, -0.1) is 0 Å². The lowest BCUT2D eigenvalue weighted by atomic mass is 10.1. The van der Waals surface area contributed by atoms with Crippen molar-refractivity contribution in [3.8, 4) is 0 Å². The SMILES string of the molecule is CC1(C)CC[C@H](CNC(=O)N2CCC[C@H](n3cncn3)C2)O1. The molecule has 122 valence electrons. The average Bonchev–Trinajstić information content (AvgIpc) is 3.14. The Bertz CT molecular complexity index is 502. The van der Waals surface area contributed by atoms with E-state index in [1.54, 1.807) is 6.33 Å². The molecule has 0 aliphatic carbocycles. The number of urea groups is 1. The normalized spacial score (nSPS) is 27.8. The number of nitrogens with zero attached hydrogens (tertiary/aromatic N) is 4. The molecule has 2 fully saturated rings. The van der Waals surface area contributed by atoms with Crippen molar-refractivity contribution < 1.29 is 9.53 Å². The fourth-order valence-electron chi connectivity index (χ4n) is 3.30. The van der Waals surface area contributed by atoms with Crippen molar-refractivity contribution in [1.29, 1.82) is 0 Å². The number of hydrogen-bond donors (Lipinski definition) is 1. The number of nitrogens with one attached hydrogen (secondary N) is 1. The zero-order chi connectivity index (χ0) is 15.6. The second-order valence-electron chi connectivity index (χ2n) is 6.84. The number of carbonyl (C=O) groups is 1. The van der Waals surface area contributed by atoms with Crippen LogP contribution in [0.4, 0.5) is 4.79 Å². The standard InChI is InChI=1S/C15H25N5O2/c1-15(2)6-5-13(22-15)8-17-14(21)19-7-3-4-12(9-19)20-11-16-10-18-20/h10-13H,3-9H2,1-2H3,(H,17,21)/t12-,13+/m0/s1. The maximum absolute atomic E-state index is 12.3. The van der Waals surface area contributed by atoms with E-state index in [1.807, 2.05) is 9.58 Å². The molecule has 1 aromatic heterocycles. The first-order chi connectivity index (χ1) is 10.5. The van der Waals surface area contributed by atoms with Crippen molar-refractivity contribution in [2.75, 3.05) is 19.6 Å². The molecular weight excluding hydrogens is 282 g/mol. The number of likely N-dealkylation sites (tertiary alicyclic amines) is 1. The van der Waals surface area contributed by atoms with Gasteiger partial charge in [0.25, 0.3) is 0 Å². The van der Waals surface area contributed by atoms with Gasteiger partial charge in [-0.05, 0) is 39.5 Å². The van der Waals surface area contributed by atoms with Crippen molar-refractivity contribution in [1.82, 2.24) is 25.0 Å². The van der Waals surface area contributed by atoms with Crippen LogP contribution in [0, 0.1) is 0 Å². The molecule has 0 radical (unpaired) electrons. The Morgan fingerprint density at radius 1 is 1.45 bits per heavy atom. The second kappa shape index (κ2) is 6.24. The molecule has 0 bridgehead atoms. The number of rotatable bonds is 3. The van der Waals surface area contributed by atoms with Gasteiger partial charge in [0, 0.05) is 19.6 Å². The molecule has 0 saturated carbocycles. The van der Waals surface area contributed by atoms with E-state index in [9.17, 15) is 4.79 Å². The summed E-state index contributed by atoms with van der Waals surface area (Å²) in [7, 11) is 0. The Kier molecular flexibility index (Phi) is 4.33. The summed E-state index contributed by atoms with van der Waals surface area (Å²) in [6, 6.07) is 0.224. The molecule has 2 aliphatic heterocycles. The lowest BCUT2D eigenvalue weighted by molar-refractivity contribution is -0.0136. The maximum atomic E-state index is 12.3. The van der Waals surface area contributed by atoms with Crippen molar-refractivity contribution in [3.05, 3.63) is 12.7 Å². The van der Waals surface area contributed by atoms with E-state index in [1.165, 1.54) is 6.33 Å². The highest BCUT2D eigenvalue weighted by molar-refractivity contribution is 5.74. The van der Waals surface area contributed by atoms with Gasteiger partial charge in [0.1, 0.15) is 12.7 Å². The summed E-state index contributed by atoms with van der Waals surface area (Å²) in [6.07, 6.45) is 7.48. The predicted octanol–water partition coefficient (Wildman–Crippen LogP) is 1.58. The molecule has 1 aromatic rings. The van der Waals surface area contributed by atoms with Crippen LogP contribution in [0.5, 0.6) is 0 Å². The Morgan fingerprint density at radius 3 is 3.00 bits per heavy atom. The minimum atomic E-state index is -0.0568. The minimum absolute atomic E-state index is 0.00174. The lowest BCUT2D eigenvalue weighted by Crippen LogP contribution is -2.47. The topological polar surface area (TPSA) is 72.3 Å². The van der Waals surface area contributed by atoms with Crippen LogP contribution in [0.2, 0.25) is 0 Å². The molecule has 0 aromatic carbocycles. The van der Waals surface area contributed by atoms with Crippen LogP contribution in [0.25, 0.3) is 0 Å². The van der Waals surface area contributed by atoms with Gasteiger partial charge in [0.15, 0.2) is 0 Å². The minimum Gasteiger partial charge on any atom is -0.371 e. The zero-order valence-electron chi connectivity index (χ0n) is 13.4. The molecular formula is C15H25N5O2. The van der Waals surface area contributed by atoms with Gasteiger partial charge >= 0.3 is 6.03 Å². The molecule has 22 heavy (non-hydrogen) atoms. The van der Waals surface area contributed by atoms with Gasteiger partial charge in [0.05, 0.1) is 17.7 Å². The Balaban J connectivity index is 1.48. The lowest BCUT2D eigenvalue weighted by Gasteiger charge is -2.33. The molecule has 0 unspecified atom stereocenters. The highest BCUT2D eigenvalue weighted by atomic mass is 16.5. The molecule has 2 saturated heterocycles. The first-order valence-electron chi connectivity index (χ1n) is 8.08. The molecule has 7 heteroatoms. The third-order valence-corrected chi connectivity index (χ3v) is 4.53. The monoisotopic (exact) mass is 307 g/mol. The summed E-state index contributed by atoms with van der Waals surface area (Å²) in [5, 5.41) is 7.20. The van der Waals surface area contributed by atoms with Gasteiger partial charge in [-0.2, -0.15) is 5.10 Å². The summed E-state index contributed by atoms with van der Waals surface area (Å²) in [5.74, 6) is 0. The molecule has 3 rings (SSSR count). The van der Waals surface area contributed by atoms with Crippen LogP contribution in [0.1, 0.15) is 45.6 Å². The molecule has 2 aliphatic rings. The average molecular weight is 307 g/mol. The first-order valence-corrected chi connectivity index (χ1v) is 8.08. The van der Waals surface area contributed by atoms with Crippen LogP contribution in [0.3, 0.4) is 0 Å². The van der Waals surface area contributed by atoms with Crippen LogP contribution in [-0.2, 0) is 4.74 Å². The van der Waals surface area contributed by atoms with Crippen LogP contribution in [0.15, 0.2) is 12.7 Å². The largest absolute Gasteiger partial charge is 0.371 e. The summed E-state index contributed by atoms with van der Waals surface area (Å²) >= 11 is 0.